The minimum atomic E-state index is -1.16. The molecule has 0 unspecified atom stereocenters. The highest BCUT2D eigenvalue weighted by atomic mass is 19.2. The van der Waals surface area contributed by atoms with Crippen molar-refractivity contribution in [3.8, 4) is 0 Å². The highest BCUT2D eigenvalue weighted by molar-refractivity contribution is 5.50. The van der Waals surface area contributed by atoms with Gasteiger partial charge in [0.05, 0.1) is 29.8 Å². The Morgan fingerprint density at radius 3 is 2.24 bits per heavy atom. The molecule has 3 aromatic rings. The molecule has 2 aliphatic carbocycles. The third kappa shape index (κ3) is 3.33. The van der Waals surface area contributed by atoms with Crippen LogP contribution in [-0.4, -0.2) is 14.5 Å². The summed E-state index contributed by atoms with van der Waals surface area (Å²) >= 11 is 0. The quantitative estimate of drug-likeness (QED) is 0.576. The molecule has 0 saturated heterocycles. The molecule has 29 heavy (non-hydrogen) atoms. The van der Waals surface area contributed by atoms with Crippen LogP contribution in [0.5, 0.6) is 0 Å². The van der Waals surface area contributed by atoms with Crippen LogP contribution in [0.25, 0.3) is 5.52 Å². The molecule has 6 heteroatoms. The molecule has 0 spiro atoms. The van der Waals surface area contributed by atoms with Crippen molar-refractivity contribution in [2.24, 2.45) is 5.92 Å². The van der Waals surface area contributed by atoms with E-state index in [0.717, 1.165) is 30.1 Å². The average molecular weight is 400 g/mol. The van der Waals surface area contributed by atoms with E-state index in [1.807, 2.05) is 10.5 Å². The summed E-state index contributed by atoms with van der Waals surface area (Å²) in [5, 5.41) is 11.3. The van der Waals surface area contributed by atoms with Crippen LogP contribution in [0.15, 0.2) is 36.8 Å². The topological polar surface area (TPSA) is 37.5 Å². The minimum Gasteiger partial charge on any atom is -0.387 e. The van der Waals surface area contributed by atoms with Crippen LogP contribution in [-0.2, 0) is 0 Å². The lowest BCUT2D eigenvalue weighted by atomic mass is 9.75. The maximum atomic E-state index is 14.2. The molecule has 152 valence electrons. The van der Waals surface area contributed by atoms with E-state index in [9.17, 15) is 18.3 Å². The minimum absolute atomic E-state index is 0.0464. The highest BCUT2D eigenvalue weighted by Crippen LogP contribution is 2.47. The summed E-state index contributed by atoms with van der Waals surface area (Å²) in [6.07, 6.45) is 7.89. The van der Waals surface area contributed by atoms with E-state index >= 15 is 0 Å². The van der Waals surface area contributed by atoms with Gasteiger partial charge in [0.25, 0.3) is 0 Å². The van der Waals surface area contributed by atoms with Gasteiger partial charge in [0.15, 0.2) is 11.6 Å². The van der Waals surface area contributed by atoms with Crippen molar-refractivity contribution in [2.45, 2.75) is 56.5 Å². The van der Waals surface area contributed by atoms with Gasteiger partial charge < -0.3 is 9.51 Å². The van der Waals surface area contributed by atoms with Crippen molar-refractivity contribution in [1.29, 1.82) is 0 Å². The number of hydrogen-bond acceptors (Lipinski definition) is 2. The fraction of sp³-hybridized carbons (Fsp3) is 0.435. The number of fused-ring (bicyclic) bond motifs is 1. The Labute approximate surface area is 167 Å². The first-order valence-electron chi connectivity index (χ1n) is 10.3. The lowest BCUT2D eigenvalue weighted by Crippen LogP contribution is -2.23. The molecule has 5 rings (SSSR count). The predicted octanol–water partition coefficient (Wildman–Crippen LogP) is 5.64. The first-order chi connectivity index (χ1) is 14.0. The van der Waals surface area contributed by atoms with Crippen molar-refractivity contribution in [2.75, 3.05) is 0 Å². The molecular weight excluding hydrogens is 377 g/mol. The van der Waals surface area contributed by atoms with Gasteiger partial charge in [-0.1, -0.05) is 6.07 Å². The van der Waals surface area contributed by atoms with Gasteiger partial charge in [-0.25, -0.2) is 18.2 Å². The summed E-state index contributed by atoms with van der Waals surface area (Å²) in [5.74, 6) is -2.46. The van der Waals surface area contributed by atoms with Gasteiger partial charge in [-0.05, 0) is 79.5 Å². The number of hydrogen-bond donors (Lipinski definition) is 1. The largest absolute Gasteiger partial charge is 0.387 e. The Morgan fingerprint density at radius 2 is 1.52 bits per heavy atom. The second-order valence-electron chi connectivity index (χ2n) is 8.48. The van der Waals surface area contributed by atoms with E-state index < -0.39 is 23.6 Å². The molecule has 2 aromatic heterocycles. The SMILES string of the molecule is O[C@H](c1c(C2CC2)ccc2cncn12)C1CCC(c2cc(F)c(F)cc2F)CC1. The summed E-state index contributed by atoms with van der Waals surface area (Å²) in [7, 11) is 0. The lowest BCUT2D eigenvalue weighted by molar-refractivity contribution is 0.0751. The monoisotopic (exact) mass is 400 g/mol. The maximum absolute atomic E-state index is 14.2. The third-order valence-electron chi connectivity index (χ3n) is 6.65. The van der Waals surface area contributed by atoms with Crippen molar-refractivity contribution >= 4 is 5.52 Å². The van der Waals surface area contributed by atoms with Gasteiger partial charge in [-0.3, -0.25) is 0 Å². The summed E-state index contributed by atoms with van der Waals surface area (Å²) < 4.78 is 43.0. The normalized spacial score (nSPS) is 23.4. The molecule has 2 heterocycles. The zero-order chi connectivity index (χ0) is 20.1. The van der Waals surface area contributed by atoms with Crippen molar-refractivity contribution in [1.82, 2.24) is 9.38 Å². The number of nitrogens with zero attached hydrogens (tertiary/aromatic N) is 2. The molecule has 1 N–H and O–H groups in total. The standard InChI is InChI=1S/C23H23F3N2O/c24-19-10-21(26)20(25)9-18(19)14-3-5-15(6-4-14)23(29)22-17(13-1-2-13)8-7-16-11-27-12-28(16)22/h7-15,23,29H,1-6H2/t14?,15?,23-/m0/s1. The molecular formula is C23H23F3N2O. The van der Waals surface area contributed by atoms with Crippen LogP contribution >= 0.6 is 0 Å². The molecule has 2 fully saturated rings. The van der Waals surface area contributed by atoms with E-state index in [0.29, 0.717) is 37.7 Å². The van der Waals surface area contributed by atoms with Gasteiger partial charge in [0.1, 0.15) is 5.82 Å². The van der Waals surface area contributed by atoms with Crippen LogP contribution < -0.4 is 0 Å². The summed E-state index contributed by atoms with van der Waals surface area (Å²) in [6.45, 7) is 0. The molecule has 0 aliphatic heterocycles. The van der Waals surface area contributed by atoms with E-state index in [-0.39, 0.29) is 17.4 Å². The summed E-state index contributed by atoms with van der Waals surface area (Å²) in [4.78, 5) is 4.23. The van der Waals surface area contributed by atoms with Crippen LogP contribution in [0.2, 0.25) is 0 Å². The molecule has 1 aromatic carbocycles. The van der Waals surface area contributed by atoms with E-state index in [2.05, 4.69) is 11.1 Å². The zero-order valence-corrected chi connectivity index (χ0v) is 16.0. The smallest absolute Gasteiger partial charge is 0.161 e. The number of aliphatic hydroxyl groups excluding tert-OH is 1. The van der Waals surface area contributed by atoms with Gasteiger partial charge in [-0.15, -0.1) is 0 Å². The van der Waals surface area contributed by atoms with E-state index in [4.69, 9.17) is 0 Å². The van der Waals surface area contributed by atoms with Crippen LogP contribution in [0.4, 0.5) is 13.2 Å². The Morgan fingerprint density at radius 1 is 0.862 bits per heavy atom. The van der Waals surface area contributed by atoms with Gasteiger partial charge in [0, 0.05) is 6.07 Å². The van der Waals surface area contributed by atoms with Crippen molar-refractivity contribution < 1.29 is 18.3 Å². The number of imidazole rings is 1. The van der Waals surface area contributed by atoms with E-state index in [1.54, 1.807) is 12.5 Å². The third-order valence-corrected chi connectivity index (χ3v) is 6.65. The number of benzene rings is 1. The first-order valence-corrected chi connectivity index (χ1v) is 10.3. The van der Waals surface area contributed by atoms with Crippen molar-refractivity contribution in [3.05, 3.63) is 71.1 Å². The predicted molar refractivity (Wildman–Crippen MR) is 103 cm³/mol. The Hall–Kier alpha value is -2.34. The number of rotatable bonds is 4. The van der Waals surface area contributed by atoms with E-state index in [1.165, 1.54) is 5.56 Å². The molecule has 2 saturated carbocycles. The van der Waals surface area contributed by atoms with Gasteiger partial charge >= 0.3 is 0 Å². The van der Waals surface area contributed by atoms with Gasteiger partial charge in [-0.2, -0.15) is 0 Å². The Kier molecular flexibility index (Phi) is 4.62. The maximum Gasteiger partial charge on any atom is 0.161 e. The molecule has 1 atom stereocenters. The van der Waals surface area contributed by atoms with Crippen LogP contribution in [0, 0.1) is 23.4 Å². The van der Waals surface area contributed by atoms with Crippen molar-refractivity contribution in [3.63, 3.8) is 0 Å². The fourth-order valence-electron chi connectivity index (χ4n) is 4.90. The van der Waals surface area contributed by atoms with Crippen LogP contribution in [0.3, 0.4) is 0 Å². The molecule has 0 amide bonds. The fourth-order valence-corrected chi connectivity index (χ4v) is 4.90. The molecule has 2 aliphatic rings. The first kappa shape index (κ1) is 18.7. The number of halogens is 3. The summed E-state index contributed by atoms with van der Waals surface area (Å²) in [6, 6.07) is 5.77. The molecule has 3 nitrogen and oxygen atoms in total. The second-order valence-corrected chi connectivity index (χ2v) is 8.48. The van der Waals surface area contributed by atoms with Crippen LogP contribution in [0.1, 0.15) is 73.3 Å². The number of pyridine rings is 1. The zero-order valence-electron chi connectivity index (χ0n) is 16.0. The number of aromatic nitrogens is 2. The molecule has 0 radical (unpaired) electrons. The van der Waals surface area contributed by atoms with Gasteiger partial charge in [0.2, 0.25) is 0 Å². The summed E-state index contributed by atoms with van der Waals surface area (Å²) in [5.41, 5.74) is 3.31. The number of aliphatic hydroxyl groups is 1. The average Bonchev–Trinajstić information content (AvgIpc) is 3.46. The Balaban J connectivity index is 1.38. The Bertz CT molecular complexity index is 1050. The second kappa shape index (κ2) is 7.17. The molecule has 0 bridgehead atoms. The lowest BCUT2D eigenvalue weighted by Gasteiger charge is -2.33. The highest BCUT2D eigenvalue weighted by Gasteiger charge is 2.35.